The average Bonchev–Trinajstić information content (AvgIpc) is 2.21. The van der Waals surface area contributed by atoms with Crippen LogP contribution in [0.3, 0.4) is 0 Å². The van der Waals surface area contributed by atoms with E-state index in [0.717, 1.165) is 11.4 Å². The monoisotopic (exact) mass is 207 g/mol. The van der Waals surface area contributed by atoms with Gasteiger partial charge < -0.3 is 15.8 Å². The number of para-hydroxylation sites is 2. The molecule has 0 saturated heterocycles. The van der Waals surface area contributed by atoms with Gasteiger partial charge in [-0.3, -0.25) is 4.99 Å². The summed E-state index contributed by atoms with van der Waals surface area (Å²) in [5.74, 6) is 1.19. The maximum absolute atomic E-state index is 5.66. The van der Waals surface area contributed by atoms with Crippen molar-refractivity contribution in [2.24, 2.45) is 10.7 Å². The van der Waals surface area contributed by atoms with E-state index in [4.69, 9.17) is 10.5 Å². The van der Waals surface area contributed by atoms with Gasteiger partial charge in [-0.25, -0.2) is 0 Å². The number of rotatable bonds is 4. The van der Waals surface area contributed by atoms with E-state index in [1.165, 1.54) is 0 Å². The highest BCUT2D eigenvalue weighted by molar-refractivity contribution is 5.93. The standard InChI is InChI=1S/C11H17N3O/c1-3-13-11(12)14-9-7-5-6-8-10(9)15-4-2/h5-8H,3-4H2,1-2H3,(H3,12,13,14). The highest BCUT2D eigenvalue weighted by atomic mass is 16.5. The number of guanidine groups is 1. The van der Waals surface area contributed by atoms with Gasteiger partial charge in [0.05, 0.1) is 12.3 Å². The normalized spacial score (nSPS) is 11.2. The summed E-state index contributed by atoms with van der Waals surface area (Å²) in [6.07, 6.45) is 0. The molecule has 0 aromatic heterocycles. The zero-order chi connectivity index (χ0) is 11.1. The van der Waals surface area contributed by atoms with Crippen LogP contribution >= 0.6 is 0 Å². The average molecular weight is 207 g/mol. The van der Waals surface area contributed by atoms with E-state index in [1.54, 1.807) is 0 Å². The first-order valence-electron chi connectivity index (χ1n) is 5.06. The fourth-order valence-electron chi connectivity index (χ4n) is 1.20. The summed E-state index contributed by atoms with van der Waals surface area (Å²) in [5.41, 5.74) is 6.51. The number of benzene rings is 1. The van der Waals surface area contributed by atoms with E-state index in [2.05, 4.69) is 10.3 Å². The number of hydrogen-bond donors (Lipinski definition) is 2. The number of anilines is 1. The Balaban J connectivity index is 2.79. The Bertz CT molecular complexity index is 336. The molecule has 3 N–H and O–H groups in total. The Morgan fingerprint density at radius 1 is 1.40 bits per heavy atom. The smallest absolute Gasteiger partial charge is 0.193 e. The molecule has 0 heterocycles. The van der Waals surface area contributed by atoms with E-state index in [1.807, 2.05) is 38.1 Å². The molecule has 1 aromatic rings. The molecule has 4 nitrogen and oxygen atoms in total. The minimum absolute atomic E-state index is 0.407. The molecule has 0 aliphatic rings. The van der Waals surface area contributed by atoms with Crippen LogP contribution in [0.4, 0.5) is 5.69 Å². The fraction of sp³-hybridized carbons (Fsp3) is 0.364. The SMILES string of the molecule is CCN=C(N)Nc1ccccc1OCC. The second-order valence-electron chi connectivity index (χ2n) is 2.91. The van der Waals surface area contributed by atoms with Gasteiger partial charge in [-0.1, -0.05) is 12.1 Å². The van der Waals surface area contributed by atoms with Crippen LogP contribution in [0, 0.1) is 0 Å². The van der Waals surface area contributed by atoms with Crippen LogP contribution < -0.4 is 15.8 Å². The highest BCUT2D eigenvalue weighted by Crippen LogP contribution is 2.23. The molecular formula is C11H17N3O. The van der Waals surface area contributed by atoms with Crippen molar-refractivity contribution in [3.05, 3.63) is 24.3 Å². The number of ether oxygens (including phenoxy) is 1. The zero-order valence-electron chi connectivity index (χ0n) is 9.16. The van der Waals surface area contributed by atoms with Crippen molar-refractivity contribution in [1.29, 1.82) is 0 Å². The largest absolute Gasteiger partial charge is 0.492 e. The Labute approximate surface area is 90.2 Å². The summed E-state index contributed by atoms with van der Waals surface area (Å²) in [4.78, 5) is 4.05. The number of hydrogen-bond acceptors (Lipinski definition) is 2. The minimum atomic E-state index is 0.407. The predicted molar refractivity (Wildman–Crippen MR) is 63.4 cm³/mol. The van der Waals surface area contributed by atoms with Crippen molar-refractivity contribution in [2.75, 3.05) is 18.5 Å². The van der Waals surface area contributed by atoms with E-state index >= 15 is 0 Å². The molecule has 0 aliphatic heterocycles. The van der Waals surface area contributed by atoms with Crippen LogP contribution in [0.5, 0.6) is 5.75 Å². The molecule has 1 aromatic carbocycles. The maximum atomic E-state index is 5.66. The summed E-state index contributed by atoms with van der Waals surface area (Å²) in [6, 6.07) is 7.64. The molecule has 1 rings (SSSR count). The van der Waals surface area contributed by atoms with Crippen molar-refractivity contribution < 1.29 is 4.74 Å². The van der Waals surface area contributed by atoms with Gasteiger partial charge in [0.25, 0.3) is 0 Å². The Morgan fingerprint density at radius 3 is 2.80 bits per heavy atom. The van der Waals surface area contributed by atoms with Crippen molar-refractivity contribution in [3.63, 3.8) is 0 Å². The molecule has 0 unspecified atom stereocenters. The lowest BCUT2D eigenvalue weighted by molar-refractivity contribution is 0.342. The molecule has 4 heteroatoms. The number of nitrogens with zero attached hydrogens (tertiary/aromatic N) is 1. The van der Waals surface area contributed by atoms with Crippen LogP contribution in [-0.2, 0) is 0 Å². The lowest BCUT2D eigenvalue weighted by Crippen LogP contribution is -2.23. The molecule has 0 saturated carbocycles. The molecule has 0 spiro atoms. The van der Waals surface area contributed by atoms with E-state index in [0.29, 0.717) is 19.1 Å². The van der Waals surface area contributed by atoms with Gasteiger partial charge in [0.15, 0.2) is 5.96 Å². The van der Waals surface area contributed by atoms with Gasteiger partial charge in [0.2, 0.25) is 0 Å². The molecule has 0 fully saturated rings. The third-order valence-corrected chi connectivity index (χ3v) is 1.78. The maximum Gasteiger partial charge on any atom is 0.193 e. The van der Waals surface area contributed by atoms with E-state index < -0.39 is 0 Å². The number of nitrogens with one attached hydrogen (secondary N) is 1. The second kappa shape index (κ2) is 5.90. The predicted octanol–water partition coefficient (Wildman–Crippen LogP) is 1.83. The molecule has 0 radical (unpaired) electrons. The van der Waals surface area contributed by atoms with Gasteiger partial charge in [0.1, 0.15) is 5.75 Å². The van der Waals surface area contributed by atoms with Crippen molar-refractivity contribution in [3.8, 4) is 5.75 Å². The number of nitrogens with two attached hydrogens (primary N) is 1. The molecule has 0 atom stereocenters. The van der Waals surface area contributed by atoms with Crippen LogP contribution in [0.15, 0.2) is 29.3 Å². The Kier molecular flexibility index (Phi) is 4.47. The van der Waals surface area contributed by atoms with Crippen LogP contribution in [-0.4, -0.2) is 19.1 Å². The molecule has 0 amide bonds. The summed E-state index contributed by atoms with van der Waals surface area (Å²) in [6.45, 7) is 5.17. The first-order valence-corrected chi connectivity index (χ1v) is 5.06. The van der Waals surface area contributed by atoms with Crippen LogP contribution in [0.1, 0.15) is 13.8 Å². The van der Waals surface area contributed by atoms with Gasteiger partial charge in [-0.05, 0) is 26.0 Å². The lowest BCUT2D eigenvalue weighted by Gasteiger charge is -2.11. The van der Waals surface area contributed by atoms with E-state index in [-0.39, 0.29) is 0 Å². The molecular weight excluding hydrogens is 190 g/mol. The second-order valence-corrected chi connectivity index (χ2v) is 2.91. The summed E-state index contributed by atoms with van der Waals surface area (Å²) < 4.78 is 5.44. The Hall–Kier alpha value is -1.71. The molecule has 0 bridgehead atoms. The van der Waals surface area contributed by atoms with Gasteiger partial charge in [0, 0.05) is 6.54 Å². The third kappa shape index (κ3) is 3.50. The van der Waals surface area contributed by atoms with Crippen molar-refractivity contribution in [1.82, 2.24) is 0 Å². The minimum Gasteiger partial charge on any atom is -0.492 e. The third-order valence-electron chi connectivity index (χ3n) is 1.78. The molecule has 0 aliphatic carbocycles. The lowest BCUT2D eigenvalue weighted by atomic mass is 10.3. The first-order chi connectivity index (χ1) is 7.27. The highest BCUT2D eigenvalue weighted by Gasteiger charge is 2.02. The topological polar surface area (TPSA) is 59.6 Å². The summed E-state index contributed by atoms with van der Waals surface area (Å²) in [5, 5.41) is 3.00. The molecule has 15 heavy (non-hydrogen) atoms. The van der Waals surface area contributed by atoms with Gasteiger partial charge in [-0.15, -0.1) is 0 Å². The molecule has 82 valence electrons. The summed E-state index contributed by atoms with van der Waals surface area (Å²) in [7, 11) is 0. The Morgan fingerprint density at radius 2 is 2.13 bits per heavy atom. The van der Waals surface area contributed by atoms with Crippen molar-refractivity contribution in [2.45, 2.75) is 13.8 Å². The fourth-order valence-corrected chi connectivity index (χ4v) is 1.20. The van der Waals surface area contributed by atoms with Gasteiger partial charge in [-0.2, -0.15) is 0 Å². The van der Waals surface area contributed by atoms with Gasteiger partial charge >= 0.3 is 0 Å². The zero-order valence-corrected chi connectivity index (χ0v) is 9.16. The first kappa shape index (κ1) is 11.4. The van der Waals surface area contributed by atoms with E-state index in [9.17, 15) is 0 Å². The van der Waals surface area contributed by atoms with Crippen molar-refractivity contribution >= 4 is 11.6 Å². The van der Waals surface area contributed by atoms with Crippen LogP contribution in [0.2, 0.25) is 0 Å². The number of aliphatic imine (C=N–C) groups is 1. The quantitative estimate of drug-likeness (QED) is 0.585. The summed E-state index contributed by atoms with van der Waals surface area (Å²) >= 11 is 0. The van der Waals surface area contributed by atoms with Crippen LogP contribution in [0.25, 0.3) is 0 Å².